The molecular formula is C17H17N3O4S. The van der Waals surface area contributed by atoms with E-state index in [0.29, 0.717) is 23.2 Å². The predicted octanol–water partition coefficient (Wildman–Crippen LogP) is 3.08. The summed E-state index contributed by atoms with van der Waals surface area (Å²) >= 11 is 0. The Bertz CT molecular complexity index is 939. The van der Waals surface area contributed by atoms with Crippen LogP contribution in [0.1, 0.15) is 12.8 Å². The second kappa shape index (κ2) is 7.35. The SMILES string of the molecule is CCS(=O)(=O)Nc1cccc(OCc2nnc(-c3ccccc3)o2)c1. The van der Waals surface area contributed by atoms with Crippen LogP contribution in [0.5, 0.6) is 5.75 Å². The fraction of sp³-hybridized carbons (Fsp3) is 0.176. The largest absolute Gasteiger partial charge is 0.484 e. The molecule has 0 bridgehead atoms. The minimum atomic E-state index is -3.33. The van der Waals surface area contributed by atoms with Crippen molar-refractivity contribution in [3.05, 3.63) is 60.5 Å². The van der Waals surface area contributed by atoms with Crippen molar-refractivity contribution in [3.63, 3.8) is 0 Å². The summed E-state index contributed by atoms with van der Waals surface area (Å²) in [6, 6.07) is 16.1. The first-order chi connectivity index (χ1) is 12.1. The molecule has 0 aliphatic carbocycles. The molecule has 3 aromatic rings. The van der Waals surface area contributed by atoms with Gasteiger partial charge in [0.25, 0.3) is 5.89 Å². The van der Waals surface area contributed by atoms with Gasteiger partial charge in [0, 0.05) is 11.6 Å². The summed E-state index contributed by atoms with van der Waals surface area (Å²) < 4.78 is 36.9. The second-order valence-corrected chi connectivity index (χ2v) is 7.20. The molecule has 130 valence electrons. The van der Waals surface area contributed by atoms with Crippen molar-refractivity contribution in [2.45, 2.75) is 13.5 Å². The van der Waals surface area contributed by atoms with Crippen molar-refractivity contribution in [3.8, 4) is 17.2 Å². The number of nitrogens with zero attached hydrogens (tertiary/aromatic N) is 2. The molecule has 8 heteroatoms. The molecule has 0 aliphatic heterocycles. The van der Waals surface area contributed by atoms with Gasteiger partial charge in [0.15, 0.2) is 6.61 Å². The number of hydrogen-bond donors (Lipinski definition) is 1. The third-order valence-corrected chi connectivity index (χ3v) is 4.64. The lowest BCUT2D eigenvalue weighted by Gasteiger charge is -2.08. The molecular weight excluding hydrogens is 342 g/mol. The maximum atomic E-state index is 11.6. The van der Waals surface area contributed by atoms with Crippen molar-refractivity contribution in [1.29, 1.82) is 0 Å². The van der Waals surface area contributed by atoms with Crippen molar-refractivity contribution >= 4 is 15.7 Å². The molecule has 0 amide bonds. The van der Waals surface area contributed by atoms with Crippen LogP contribution in [0.25, 0.3) is 11.5 Å². The van der Waals surface area contributed by atoms with Crippen LogP contribution in [0, 0.1) is 0 Å². The predicted molar refractivity (Wildman–Crippen MR) is 93.6 cm³/mol. The molecule has 0 unspecified atom stereocenters. The third kappa shape index (κ3) is 4.57. The molecule has 1 heterocycles. The van der Waals surface area contributed by atoms with Crippen molar-refractivity contribution in [2.75, 3.05) is 10.5 Å². The van der Waals surface area contributed by atoms with Crippen molar-refractivity contribution in [2.24, 2.45) is 0 Å². The summed E-state index contributed by atoms with van der Waals surface area (Å²) in [4.78, 5) is 0. The fourth-order valence-corrected chi connectivity index (χ4v) is 2.69. The lowest BCUT2D eigenvalue weighted by Crippen LogP contribution is -2.14. The van der Waals surface area contributed by atoms with Gasteiger partial charge in [-0.05, 0) is 31.2 Å². The second-order valence-electron chi connectivity index (χ2n) is 5.19. The van der Waals surface area contributed by atoms with E-state index in [4.69, 9.17) is 9.15 Å². The summed E-state index contributed by atoms with van der Waals surface area (Å²) in [6.07, 6.45) is 0. The minimum absolute atomic E-state index is 0.00231. The molecule has 7 nitrogen and oxygen atoms in total. The normalized spacial score (nSPS) is 11.2. The third-order valence-electron chi connectivity index (χ3n) is 3.34. The minimum Gasteiger partial charge on any atom is -0.484 e. The summed E-state index contributed by atoms with van der Waals surface area (Å²) in [7, 11) is -3.33. The van der Waals surface area contributed by atoms with Crippen LogP contribution < -0.4 is 9.46 Å². The van der Waals surface area contributed by atoms with Gasteiger partial charge in [-0.1, -0.05) is 24.3 Å². The van der Waals surface area contributed by atoms with Crippen LogP contribution in [0.2, 0.25) is 0 Å². The standard InChI is InChI=1S/C17H17N3O4S/c1-2-25(21,22)20-14-9-6-10-15(11-14)23-12-16-18-19-17(24-16)13-7-4-3-5-8-13/h3-11,20H,2,12H2,1H3. The lowest BCUT2D eigenvalue weighted by atomic mass is 10.2. The van der Waals surface area contributed by atoms with Gasteiger partial charge >= 0.3 is 0 Å². The first-order valence-electron chi connectivity index (χ1n) is 7.67. The number of sulfonamides is 1. The smallest absolute Gasteiger partial charge is 0.254 e. The van der Waals surface area contributed by atoms with E-state index in [9.17, 15) is 8.42 Å². The Kier molecular flexibility index (Phi) is 4.99. The summed E-state index contributed by atoms with van der Waals surface area (Å²) in [6.45, 7) is 1.66. The van der Waals surface area contributed by atoms with E-state index in [0.717, 1.165) is 5.56 Å². The number of ether oxygens (including phenoxy) is 1. The van der Waals surface area contributed by atoms with Crippen LogP contribution in [0.3, 0.4) is 0 Å². The highest BCUT2D eigenvalue weighted by atomic mass is 32.2. The van der Waals surface area contributed by atoms with E-state index >= 15 is 0 Å². The first kappa shape index (κ1) is 17.0. The Balaban J connectivity index is 1.65. The first-order valence-corrected chi connectivity index (χ1v) is 9.32. The summed E-state index contributed by atoms with van der Waals surface area (Å²) in [5.41, 5.74) is 1.27. The van der Waals surface area contributed by atoms with Gasteiger partial charge in [-0.25, -0.2) is 8.42 Å². The van der Waals surface area contributed by atoms with Crippen LogP contribution in [0.4, 0.5) is 5.69 Å². The van der Waals surface area contributed by atoms with Crippen molar-refractivity contribution in [1.82, 2.24) is 10.2 Å². The Morgan fingerprint density at radius 1 is 1.08 bits per heavy atom. The van der Waals surface area contributed by atoms with Crippen LogP contribution in [-0.4, -0.2) is 24.4 Å². The highest BCUT2D eigenvalue weighted by Gasteiger charge is 2.10. The molecule has 1 N–H and O–H groups in total. The summed E-state index contributed by atoms with van der Waals surface area (Å²) in [5.74, 6) is 1.25. The van der Waals surface area contributed by atoms with Crippen LogP contribution in [0.15, 0.2) is 59.0 Å². The monoisotopic (exact) mass is 359 g/mol. The van der Waals surface area contributed by atoms with E-state index in [1.54, 1.807) is 31.2 Å². The Labute approximate surface area is 145 Å². The van der Waals surface area contributed by atoms with Gasteiger partial charge < -0.3 is 9.15 Å². The Morgan fingerprint density at radius 2 is 1.88 bits per heavy atom. The van der Waals surface area contributed by atoms with Gasteiger partial charge in [-0.3, -0.25) is 4.72 Å². The van der Waals surface area contributed by atoms with Gasteiger partial charge in [0.05, 0.1) is 11.4 Å². The molecule has 2 aromatic carbocycles. The Morgan fingerprint density at radius 3 is 2.64 bits per heavy atom. The molecule has 0 radical (unpaired) electrons. The molecule has 0 saturated carbocycles. The summed E-state index contributed by atoms with van der Waals surface area (Å²) in [5, 5.41) is 7.94. The maximum Gasteiger partial charge on any atom is 0.254 e. The van der Waals surface area contributed by atoms with E-state index in [-0.39, 0.29) is 12.4 Å². The lowest BCUT2D eigenvalue weighted by molar-refractivity contribution is 0.264. The van der Waals surface area contributed by atoms with Gasteiger partial charge in [0.1, 0.15) is 5.75 Å². The molecule has 3 rings (SSSR count). The number of hydrogen-bond acceptors (Lipinski definition) is 6. The maximum absolute atomic E-state index is 11.6. The average molecular weight is 359 g/mol. The number of benzene rings is 2. The highest BCUT2D eigenvalue weighted by Crippen LogP contribution is 2.21. The van der Waals surface area contributed by atoms with E-state index < -0.39 is 10.0 Å². The molecule has 1 aromatic heterocycles. The average Bonchev–Trinajstić information content (AvgIpc) is 3.10. The molecule has 0 aliphatic rings. The number of rotatable bonds is 7. The molecule has 25 heavy (non-hydrogen) atoms. The number of anilines is 1. The van der Waals surface area contributed by atoms with Crippen molar-refractivity contribution < 1.29 is 17.6 Å². The highest BCUT2D eigenvalue weighted by molar-refractivity contribution is 7.92. The fourth-order valence-electron chi connectivity index (χ4n) is 2.06. The van der Waals surface area contributed by atoms with Gasteiger partial charge in [0.2, 0.25) is 15.9 Å². The number of nitrogens with one attached hydrogen (secondary N) is 1. The molecule has 0 atom stereocenters. The topological polar surface area (TPSA) is 94.3 Å². The van der Waals surface area contributed by atoms with Gasteiger partial charge in [-0.2, -0.15) is 0 Å². The van der Waals surface area contributed by atoms with E-state index in [2.05, 4.69) is 14.9 Å². The zero-order valence-electron chi connectivity index (χ0n) is 13.5. The van der Waals surface area contributed by atoms with E-state index in [1.165, 1.54) is 0 Å². The van der Waals surface area contributed by atoms with Gasteiger partial charge in [-0.15, -0.1) is 10.2 Å². The molecule has 0 fully saturated rings. The molecule has 0 saturated heterocycles. The van der Waals surface area contributed by atoms with E-state index in [1.807, 2.05) is 30.3 Å². The zero-order chi connectivity index (χ0) is 17.7. The van der Waals surface area contributed by atoms with Crippen LogP contribution >= 0.6 is 0 Å². The van der Waals surface area contributed by atoms with Crippen LogP contribution in [-0.2, 0) is 16.6 Å². The zero-order valence-corrected chi connectivity index (χ0v) is 14.4. The number of aromatic nitrogens is 2. The Hall–Kier alpha value is -2.87. The molecule has 0 spiro atoms. The quantitative estimate of drug-likeness (QED) is 0.697.